The molecule has 0 amide bonds. The summed E-state index contributed by atoms with van der Waals surface area (Å²) in [6, 6.07) is 5.43. The summed E-state index contributed by atoms with van der Waals surface area (Å²) in [5, 5.41) is 3.15. The van der Waals surface area contributed by atoms with E-state index < -0.39 is 0 Å². The van der Waals surface area contributed by atoms with Crippen LogP contribution in [0.25, 0.3) is 0 Å². The van der Waals surface area contributed by atoms with Crippen LogP contribution in [0.1, 0.15) is 15.9 Å². The van der Waals surface area contributed by atoms with Crippen LogP contribution in [0, 0.1) is 0 Å². The van der Waals surface area contributed by atoms with Crippen LogP contribution in [0.5, 0.6) is 0 Å². The number of methoxy groups -OCH3 is 1. The second-order valence-electron chi connectivity index (χ2n) is 3.62. The molecule has 92 valence electrons. The molecule has 2 aromatic rings. The van der Waals surface area contributed by atoms with Crippen LogP contribution in [0.3, 0.4) is 0 Å². The van der Waals surface area contributed by atoms with Crippen molar-refractivity contribution < 1.29 is 9.53 Å². The molecule has 0 atom stereocenters. The van der Waals surface area contributed by atoms with Crippen molar-refractivity contribution in [2.24, 2.45) is 0 Å². The minimum absolute atomic E-state index is 0.380. The predicted molar refractivity (Wildman–Crippen MR) is 67.1 cm³/mol. The van der Waals surface area contributed by atoms with E-state index in [1.165, 1.54) is 7.11 Å². The molecule has 1 N–H and O–H groups in total. The summed E-state index contributed by atoms with van der Waals surface area (Å²) in [6.07, 6.45) is 6.61. The molecule has 5 heteroatoms. The minimum Gasteiger partial charge on any atom is -0.465 e. The van der Waals surface area contributed by atoms with Crippen molar-refractivity contribution in [2.45, 2.75) is 6.54 Å². The van der Waals surface area contributed by atoms with Crippen LogP contribution in [0.4, 0.5) is 5.69 Å². The average molecular weight is 243 g/mol. The number of anilines is 1. The van der Waals surface area contributed by atoms with Crippen LogP contribution >= 0.6 is 0 Å². The van der Waals surface area contributed by atoms with E-state index in [1.807, 2.05) is 12.1 Å². The highest BCUT2D eigenvalue weighted by Gasteiger charge is 2.10. The minimum atomic E-state index is -0.380. The average Bonchev–Trinajstić information content (AvgIpc) is 2.45. The Balaban J connectivity index is 2.12. The van der Waals surface area contributed by atoms with Gasteiger partial charge >= 0.3 is 5.97 Å². The molecule has 0 aromatic carbocycles. The van der Waals surface area contributed by atoms with Crippen LogP contribution in [0.15, 0.2) is 43.0 Å². The molecule has 0 fully saturated rings. The van der Waals surface area contributed by atoms with Crippen molar-refractivity contribution in [1.29, 1.82) is 0 Å². The molecule has 0 unspecified atom stereocenters. The maximum Gasteiger partial charge on any atom is 0.340 e. The number of pyridine rings is 2. The zero-order chi connectivity index (χ0) is 12.8. The zero-order valence-electron chi connectivity index (χ0n) is 9.96. The third-order valence-electron chi connectivity index (χ3n) is 2.46. The van der Waals surface area contributed by atoms with Gasteiger partial charge in [-0.05, 0) is 23.8 Å². The van der Waals surface area contributed by atoms with Gasteiger partial charge in [0.2, 0.25) is 0 Å². The normalized spacial score (nSPS) is 9.83. The third kappa shape index (κ3) is 2.82. The smallest absolute Gasteiger partial charge is 0.340 e. The van der Waals surface area contributed by atoms with Crippen LogP contribution in [-0.4, -0.2) is 23.0 Å². The number of hydrogen-bond acceptors (Lipinski definition) is 5. The number of aromatic nitrogens is 2. The topological polar surface area (TPSA) is 64.1 Å². The van der Waals surface area contributed by atoms with Crippen molar-refractivity contribution in [1.82, 2.24) is 9.97 Å². The summed E-state index contributed by atoms with van der Waals surface area (Å²) in [5.74, 6) is -0.380. The summed E-state index contributed by atoms with van der Waals surface area (Å²) >= 11 is 0. The lowest BCUT2D eigenvalue weighted by molar-refractivity contribution is 0.0601. The molecule has 2 aromatic heterocycles. The molecule has 2 rings (SSSR count). The molecule has 0 saturated carbocycles. The SMILES string of the molecule is COC(=O)c1ccncc1NCc1ccncc1. The van der Waals surface area contributed by atoms with Gasteiger partial charge in [0.05, 0.1) is 24.6 Å². The fraction of sp³-hybridized carbons (Fsp3) is 0.154. The van der Waals surface area contributed by atoms with E-state index in [1.54, 1.807) is 30.9 Å². The Bertz CT molecular complexity index is 529. The lowest BCUT2D eigenvalue weighted by Crippen LogP contribution is -2.08. The monoisotopic (exact) mass is 243 g/mol. The van der Waals surface area contributed by atoms with Crippen molar-refractivity contribution >= 4 is 11.7 Å². The zero-order valence-corrected chi connectivity index (χ0v) is 9.96. The van der Waals surface area contributed by atoms with E-state index in [4.69, 9.17) is 4.74 Å². The van der Waals surface area contributed by atoms with Gasteiger partial charge in [-0.25, -0.2) is 4.79 Å². The Hall–Kier alpha value is -2.43. The van der Waals surface area contributed by atoms with Crippen molar-refractivity contribution in [2.75, 3.05) is 12.4 Å². The highest BCUT2D eigenvalue weighted by Crippen LogP contribution is 2.15. The quantitative estimate of drug-likeness (QED) is 0.830. The van der Waals surface area contributed by atoms with Gasteiger partial charge < -0.3 is 10.1 Å². The standard InChI is InChI=1S/C13H13N3O2/c1-18-13(17)11-4-7-15-9-12(11)16-8-10-2-5-14-6-3-10/h2-7,9,16H,8H2,1H3. The van der Waals surface area contributed by atoms with Crippen molar-refractivity contribution in [3.05, 3.63) is 54.1 Å². The van der Waals surface area contributed by atoms with Gasteiger partial charge in [-0.2, -0.15) is 0 Å². The molecule has 2 heterocycles. The molecule has 0 aliphatic carbocycles. The fourth-order valence-corrected chi connectivity index (χ4v) is 1.52. The summed E-state index contributed by atoms with van der Waals surface area (Å²) in [4.78, 5) is 19.5. The van der Waals surface area contributed by atoms with E-state index in [0.29, 0.717) is 17.8 Å². The Kier molecular flexibility index (Phi) is 3.86. The highest BCUT2D eigenvalue weighted by atomic mass is 16.5. The number of hydrogen-bond donors (Lipinski definition) is 1. The van der Waals surface area contributed by atoms with Crippen LogP contribution in [-0.2, 0) is 11.3 Å². The van der Waals surface area contributed by atoms with Crippen molar-refractivity contribution in [3.63, 3.8) is 0 Å². The molecule has 0 saturated heterocycles. The predicted octanol–water partition coefficient (Wildman–Crippen LogP) is 1.88. The Morgan fingerprint density at radius 1 is 1.22 bits per heavy atom. The van der Waals surface area contributed by atoms with Gasteiger partial charge in [0.15, 0.2) is 0 Å². The largest absolute Gasteiger partial charge is 0.465 e. The van der Waals surface area contributed by atoms with Crippen LogP contribution in [0.2, 0.25) is 0 Å². The first kappa shape index (κ1) is 12.0. The first-order valence-electron chi connectivity index (χ1n) is 5.46. The molecule has 0 spiro atoms. The molecule has 5 nitrogen and oxygen atoms in total. The summed E-state index contributed by atoms with van der Waals surface area (Å²) < 4.78 is 4.71. The molecule has 0 bridgehead atoms. The van der Waals surface area contributed by atoms with Crippen LogP contribution < -0.4 is 5.32 Å². The van der Waals surface area contributed by atoms with Crippen molar-refractivity contribution in [3.8, 4) is 0 Å². The van der Waals surface area contributed by atoms with E-state index in [0.717, 1.165) is 5.56 Å². The Morgan fingerprint density at radius 3 is 2.67 bits per heavy atom. The number of rotatable bonds is 4. The lowest BCUT2D eigenvalue weighted by Gasteiger charge is -2.09. The molecular formula is C13H13N3O2. The number of nitrogens with one attached hydrogen (secondary N) is 1. The summed E-state index contributed by atoms with van der Waals surface area (Å²) in [5.41, 5.74) is 2.20. The second-order valence-corrected chi connectivity index (χ2v) is 3.62. The molecule has 18 heavy (non-hydrogen) atoms. The first-order chi connectivity index (χ1) is 8.81. The fourth-order valence-electron chi connectivity index (χ4n) is 1.52. The molecular weight excluding hydrogens is 230 g/mol. The number of carbonyl (C=O) groups excluding carboxylic acids is 1. The first-order valence-corrected chi connectivity index (χ1v) is 5.46. The highest BCUT2D eigenvalue weighted by molar-refractivity contribution is 5.95. The maximum absolute atomic E-state index is 11.5. The van der Waals surface area contributed by atoms with E-state index in [9.17, 15) is 4.79 Å². The number of carbonyl (C=O) groups is 1. The van der Waals surface area contributed by atoms with E-state index in [2.05, 4.69) is 15.3 Å². The third-order valence-corrected chi connectivity index (χ3v) is 2.46. The summed E-state index contributed by atoms with van der Waals surface area (Å²) in [7, 11) is 1.36. The molecule has 0 radical (unpaired) electrons. The number of ether oxygens (including phenoxy) is 1. The van der Waals surface area contributed by atoms with Gasteiger partial charge in [-0.1, -0.05) is 0 Å². The number of nitrogens with zero attached hydrogens (tertiary/aromatic N) is 2. The van der Waals surface area contributed by atoms with Gasteiger partial charge in [-0.3, -0.25) is 9.97 Å². The lowest BCUT2D eigenvalue weighted by atomic mass is 10.2. The number of esters is 1. The van der Waals surface area contributed by atoms with E-state index in [-0.39, 0.29) is 5.97 Å². The second kappa shape index (κ2) is 5.77. The maximum atomic E-state index is 11.5. The summed E-state index contributed by atoms with van der Waals surface area (Å²) in [6.45, 7) is 0.595. The van der Waals surface area contributed by atoms with Gasteiger partial charge in [0.1, 0.15) is 0 Å². The molecule has 0 aliphatic heterocycles. The van der Waals surface area contributed by atoms with Gasteiger partial charge in [0, 0.05) is 25.1 Å². The Labute approximate surface area is 105 Å². The van der Waals surface area contributed by atoms with Gasteiger partial charge in [0.25, 0.3) is 0 Å². The molecule has 0 aliphatic rings. The Morgan fingerprint density at radius 2 is 1.94 bits per heavy atom. The van der Waals surface area contributed by atoms with Gasteiger partial charge in [-0.15, -0.1) is 0 Å². The van der Waals surface area contributed by atoms with E-state index >= 15 is 0 Å².